The fraction of sp³-hybridized carbons (Fsp3) is 0.200. The molecule has 0 spiro atoms. The fourth-order valence-corrected chi connectivity index (χ4v) is 2.99. The summed E-state index contributed by atoms with van der Waals surface area (Å²) in [5, 5.41) is 12.0. The number of anilines is 1. The second kappa shape index (κ2) is 12.9. The van der Waals surface area contributed by atoms with Crippen molar-refractivity contribution in [1.29, 1.82) is 0 Å². The summed E-state index contributed by atoms with van der Waals surface area (Å²) in [5.74, 6) is 1.07. The van der Waals surface area contributed by atoms with Crippen LogP contribution in [0.4, 0.5) is 31.0 Å². The van der Waals surface area contributed by atoms with Crippen molar-refractivity contribution in [3.63, 3.8) is 0 Å². The number of nitrogens with two attached hydrogens (primary N) is 1. The molecule has 5 rings (SSSR count). The number of hydrogen-bond donors (Lipinski definition) is 1. The Bertz CT molecular complexity index is 1520. The van der Waals surface area contributed by atoms with Crippen molar-refractivity contribution >= 4 is 35.7 Å². The standard InChI is InChI=1S/C10H14.C9H7NO.C6H7N5.F6P.Os/c1-8(2)10-6-4-9(3)5-7-10;11-8-5-1-3-7-4-2-6-10-9(7)8;1-11-3-10-4-5(7)8-2-9-6(4)11;1-7(2,3,4,5)6;/h4-8H,1-3H3;1-6,11H;2-3H,1H3,(H2,7,8,9);;/q;;;-1;+2/p-1. The van der Waals surface area contributed by atoms with Gasteiger partial charge < -0.3 is 15.4 Å². The second-order valence-corrected chi connectivity index (χ2v) is 10.6. The summed E-state index contributed by atoms with van der Waals surface area (Å²) < 4.78 is 61.0. The molecule has 15 heteroatoms. The van der Waals surface area contributed by atoms with Crippen LogP contribution in [0.3, 0.4) is 0 Å². The largest absolute Gasteiger partial charge is 2.00 e. The molecule has 0 saturated carbocycles. The van der Waals surface area contributed by atoms with E-state index in [4.69, 9.17) is 5.73 Å². The zero-order chi connectivity index (χ0) is 29.5. The smallest absolute Gasteiger partial charge is 0.871 e. The molecular weight excluding hydrogens is 736 g/mol. The van der Waals surface area contributed by atoms with Crippen molar-refractivity contribution in [3.8, 4) is 5.75 Å². The van der Waals surface area contributed by atoms with Gasteiger partial charge in [0.05, 0.1) is 11.8 Å². The maximum absolute atomic E-state index is 11.1. The van der Waals surface area contributed by atoms with Crippen LogP contribution in [-0.4, -0.2) is 24.5 Å². The normalized spacial score (nSPS) is 12.4. The van der Waals surface area contributed by atoms with Gasteiger partial charge in [-0.15, -0.1) is 0 Å². The van der Waals surface area contributed by atoms with Crippen LogP contribution in [0.1, 0.15) is 30.9 Å². The number of fused-ring (bicyclic) bond motifs is 2. The monoisotopic (exact) mass is 764 g/mol. The van der Waals surface area contributed by atoms with Gasteiger partial charge in [-0.2, -0.15) is 0 Å². The zero-order valence-corrected chi connectivity index (χ0v) is 25.2. The van der Waals surface area contributed by atoms with Crippen molar-refractivity contribution in [1.82, 2.24) is 24.5 Å². The molecule has 3 heterocycles. The molecule has 0 aliphatic heterocycles. The van der Waals surface area contributed by atoms with Crippen molar-refractivity contribution in [2.45, 2.75) is 26.7 Å². The number of nitrogens with zero attached hydrogens (tertiary/aromatic N) is 5. The van der Waals surface area contributed by atoms with Crippen LogP contribution in [0.5, 0.6) is 5.75 Å². The fourth-order valence-electron chi connectivity index (χ4n) is 2.99. The number of benzene rings is 2. The first-order chi connectivity index (χ1) is 17.8. The number of aromatic nitrogens is 5. The van der Waals surface area contributed by atoms with E-state index in [1.54, 1.807) is 23.2 Å². The van der Waals surface area contributed by atoms with Gasteiger partial charge in [0.15, 0.2) is 11.5 Å². The van der Waals surface area contributed by atoms with Gasteiger partial charge in [0.25, 0.3) is 0 Å². The molecule has 2 aromatic carbocycles. The third-order valence-electron chi connectivity index (χ3n) is 4.87. The Labute approximate surface area is 239 Å². The Morgan fingerprint density at radius 3 is 1.93 bits per heavy atom. The molecule has 0 unspecified atom stereocenters. The molecule has 0 fully saturated rings. The van der Waals surface area contributed by atoms with Crippen molar-refractivity contribution in [3.05, 3.63) is 84.6 Å². The van der Waals surface area contributed by atoms with Gasteiger partial charge in [-0.1, -0.05) is 73.7 Å². The van der Waals surface area contributed by atoms with E-state index in [0.717, 1.165) is 11.0 Å². The molecule has 0 saturated heterocycles. The topological polar surface area (TPSA) is 106 Å². The Morgan fingerprint density at radius 2 is 1.40 bits per heavy atom. The minimum atomic E-state index is -10.7. The van der Waals surface area contributed by atoms with Gasteiger partial charge in [-0.25, -0.2) is 15.0 Å². The van der Waals surface area contributed by atoms with Gasteiger partial charge in [-0.3, -0.25) is 4.98 Å². The third kappa shape index (κ3) is 13.1. The van der Waals surface area contributed by atoms with Gasteiger partial charge in [0.2, 0.25) is 0 Å². The summed E-state index contributed by atoms with van der Waals surface area (Å²) in [6.45, 7) is 6.54. The number of hydrogen-bond acceptors (Lipinski definition) is 6. The van der Waals surface area contributed by atoms with Crippen LogP contribution in [0.2, 0.25) is 0 Å². The molecule has 0 radical (unpaired) electrons. The first-order valence-electron chi connectivity index (χ1n) is 11.3. The van der Waals surface area contributed by atoms with Crippen LogP contribution in [-0.2, 0) is 26.8 Å². The average Bonchev–Trinajstić information content (AvgIpc) is 3.21. The van der Waals surface area contributed by atoms with E-state index in [2.05, 4.69) is 65.0 Å². The number of aryl methyl sites for hydroxylation is 2. The number of nitrogen functional groups attached to an aromatic ring is 1. The Hall–Kier alpha value is -3.35. The third-order valence-corrected chi connectivity index (χ3v) is 4.87. The van der Waals surface area contributed by atoms with Crippen molar-refractivity contribution < 1.29 is 50.1 Å². The molecule has 5 aromatic rings. The maximum Gasteiger partial charge on any atom is 2.00 e. The SMILES string of the molecule is Cc1ccc(C(C)C)cc1.Cn1cnc2c(N)ncnc21.F[P-](F)(F)(F)(F)F.[O-]c1cccc2cccnc12.[Os+2]. The quantitative estimate of drug-likeness (QED) is 0.138. The first kappa shape index (κ1) is 34.7. The predicted molar refractivity (Wildman–Crippen MR) is 141 cm³/mol. The van der Waals surface area contributed by atoms with E-state index in [9.17, 15) is 30.3 Å². The summed E-state index contributed by atoms with van der Waals surface area (Å²) in [5.41, 5.74) is 10.3. The Morgan fingerprint density at radius 1 is 0.825 bits per heavy atom. The Kier molecular flexibility index (Phi) is 11.2. The molecular formula is C25H27F6N6OOsP. The maximum atomic E-state index is 11.1. The number of rotatable bonds is 1. The summed E-state index contributed by atoms with van der Waals surface area (Å²) >= 11 is 0. The molecule has 218 valence electrons. The molecule has 0 aliphatic rings. The van der Waals surface area contributed by atoms with Crippen LogP contribution < -0.4 is 10.8 Å². The van der Waals surface area contributed by atoms with Gasteiger partial charge in [0, 0.05) is 13.2 Å². The van der Waals surface area contributed by atoms with Crippen LogP contribution in [0.25, 0.3) is 22.1 Å². The molecule has 40 heavy (non-hydrogen) atoms. The summed E-state index contributed by atoms with van der Waals surface area (Å²) in [7, 11) is -8.79. The molecule has 0 atom stereocenters. The van der Waals surface area contributed by atoms with Crippen molar-refractivity contribution in [2.75, 3.05) is 5.73 Å². The number of pyridine rings is 1. The molecule has 7 nitrogen and oxygen atoms in total. The van der Waals surface area contributed by atoms with E-state index in [1.165, 1.54) is 23.5 Å². The van der Waals surface area contributed by atoms with E-state index >= 15 is 0 Å². The number of para-hydroxylation sites is 1. The average molecular weight is 763 g/mol. The van der Waals surface area contributed by atoms with E-state index in [0.29, 0.717) is 22.8 Å². The van der Waals surface area contributed by atoms with Gasteiger partial charge in [-0.05, 0) is 29.9 Å². The minimum Gasteiger partial charge on any atom is -0.871 e. The zero-order valence-electron chi connectivity index (χ0n) is 21.8. The molecule has 0 aliphatic carbocycles. The van der Waals surface area contributed by atoms with Crippen molar-refractivity contribution in [2.24, 2.45) is 7.05 Å². The predicted octanol–water partition coefficient (Wildman–Crippen LogP) is 7.75. The van der Waals surface area contributed by atoms with Crippen LogP contribution in [0.15, 0.2) is 73.4 Å². The summed E-state index contributed by atoms with van der Waals surface area (Å²) in [6.07, 6.45) is 4.72. The number of imidazole rings is 1. The van der Waals surface area contributed by atoms with E-state index in [-0.39, 0.29) is 25.5 Å². The molecule has 3 aromatic heterocycles. The van der Waals surface area contributed by atoms with Gasteiger partial charge >= 0.3 is 52.8 Å². The minimum absolute atomic E-state index is 0. The second-order valence-electron chi connectivity index (χ2n) is 8.64. The van der Waals surface area contributed by atoms with Gasteiger partial charge in [0.1, 0.15) is 11.8 Å². The number of halogens is 6. The van der Waals surface area contributed by atoms with Crippen LogP contribution in [0, 0.1) is 6.92 Å². The molecule has 0 amide bonds. The Balaban J connectivity index is 0.000000269. The molecule has 0 bridgehead atoms. The van der Waals surface area contributed by atoms with E-state index in [1.807, 2.05) is 25.2 Å². The van der Waals surface area contributed by atoms with E-state index < -0.39 is 7.81 Å². The first-order valence-corrected chi connectivity index (χ1v) is 13.4. The summed E-state index contributed by atoms with van der Waals surface area (Å²) in [4.78, 5) is 15.8. The van der Waals surface area contributed by atoms with Crippen LogP contribution >= 0.6 is 7.81 Å². The molecule has 2 N–H and O–H groups in total. The summed E-state index contributed by atoms with van der Waals surface area (Å²) in [6, 6.07) is 17.6.